The Hall–Kier alpha value is -2.47. The van der Waals surface area contributed by atoms with Crippen molar-refractivity contribution in [2.45, 2.75) is 38.7 Å². The van der Waals surface area contributed by atoms with Crippen molar-refractivity contribution in [3.05, 3.63) is 53.2 Å². The van der Waals surface area contributed by atoms with Gasteiger partial charge in [0.15, 0.2) is 0 Å². The Kier molecular flexibility index (Phi) is 5.07. The van der Waals surface area contributed by atoms with E-state index in [2.05, 4.69) is 46.9 Å². The molecule has 1 aliphatic rings. The Labute approximate surface area is 163 Å². The summed E-state index contributed by atoms with van der Waals surface area (Å²) in [5.41, 5.74) is 2.28. The molecule has 3 heterocycles. The molecule has 0 spiro atoms. The van der Waals surface area contributed by atoms with E-state index in [0.29, 0.717) is 18.9 Å². The highest BCUT2D eigenvalue weighted by atomic mass is 32.1. The minimum absolute atomic E-state index is 0.0870. The van der Waals surface area contributed by atoms with Crippen molar-refractivity contribution >= 4 is 33.3 Å². The molecule has 0 aliphatic carbocycles. The molecule has 1 fully saturated rings. The zero-order chi connectivity index (χ0) is 18.8. The van der Waals surface area contributed by atoms with Gasteiger partial charge in [0.25, 0.3) is 0 Å². The molecule has 0 N–H and O–H groups in total. The maximum Gasteiger partial charge on any atom is 0.310 e. The molecule has 4 rings (SSSR count). The van der Waals surface area contributed by atoms with Crippen LogP contribution >= 0.6 is 11.3 Å². The molecule has 1 unspecified atom stereocenters. The second-order valence-corrected chi connectivity index (χ2v) is 8.15. The van der Waals surface area contributed by atoms with Crippen LogP contribution in [-0.2, 0) is 16.0 Å². The minimum Gasteiger partial charge on any atom is -0.460 e. The third kappa shape index (κ3) is 3.95. The van der Waals surface area contributed by atoms with Crippen LogP contribution in [0.25, 0.3) is 10.2 Å². The number of aromatic nitrogens is 2. The van der Waals surface area contributed by atoms with Crippen molar-refractivity contribution in [1.82, 2.24) is 9.97 Å². The maximum absolute atomic E-state index is 12.3. The quantitative estimate of drug-likeness (QED) is 0.621. The average Bonchev–Trinajstić information content (AvgIpc) is 3.31. The number of rotatable bonds is 5. The van der Waals surface area contributed by atoms with Gasteiger partial charge in [-0.3, -0.25) is 4.79 Å². The summed E-state index contributed by atoms with van der Waals surface area (Å²) < 4.78 is 5.72. The molecule has 1 aromatic carbocycles. The first-order valence-electron chi connectivity index (χ1n) is 9.31. The monoisotopic (exact) mass is 381 g/mol. The van der Waals surface area contributed by atoms with Crippen LogP contribution in [0, 0.1) is 0 Å². The molecule has 0 amide bonds. The highest BCUT2D eigenvalue weighted by Gasteiger charge is 2.27. The first-order valence-corrected chi connectivity index (χ1v) is 10.2. The van der Waals surface area contributed by atoms with E-state index in [1.54, 1.807) is 17.7 Å². The van der Waals surface area contributed by atoms with E-state index >= 15 is 0 Å². The lowest BCUT2D eigenvalue weighted by Gasteiger charge is -2.18. The summed E-state index contributed by atoms with van der Waals surface area (Å²) in [6, 6.07) is 10.3. The largest absolute Gasteiger partial charge is 0.460 e. The summed E-state index contributed by atoms with van der Waals surface area (Å²) in [5.74, 6) is 1.26. The summed E-state index contributed by atoms with van der Waals surface area (Å²) >= 11 is 1.61. The molecule has 1 saturated heterocycles. The van der Waals surface area contributed by atoms with Crippen LogP contribution in [0.1, 0.15) is 37.3 Å². The molecule has 1 atom stereocenters. The molecule has 6 heteroatoms. The first-order chi connectivity index (χ1) is 13.1. The number of ether oxygens (including phenoxy) is 1. The molecule has 5 nitrogen and oxygen atoms in total. The van der Waals surface area contributed by atoms with Gasteiger partial charge >= 0.3 is 5.97 Å². The van der Waals surface area contributed by atoms with Crippen molar-refractivity contribution in [3.8, 4) is 0 Å². The highest BCUT2D eigenvalue weighted by molar-refractivity contribution is 7.16. The number of carbonyl (C=O) groups is 1. The third-order valence-corrected chi connectivity index (χ3v) is 5.80. The third-order valence-electron chi connectivity index (χ3n) is 4.98. The molecule has 1 aliphatic heterocycles. The number of thiophene rings is 1. The number of hydrogen-bond donors (Lipinski definition) is 0. The standard InChI is InChI=1S/C21H23N3O2S/c1-14(2)16-5-3-15(4-6-16)11-19(25)26-17-7-9-24(12-17)20-18-8-10-27-21(18)23-13-22-20/h3-6,8,10,13-14,17H,7,9,11-12H2,1-2H3. The Morgan fingerprint density at radius 1 is 1.26 bits per heavy atom. The van der Waals surface area contributed by atoms with Crippen LogP contribution in [0.2, 0.25) is 0 Å². The fourth-order valence-electron chi connectivity index (χ4n) is 3.46. The van der Waals surface area contributed by atoms with Crippen LogP contribution in [-0.4, -0.2) is 35.1 Å². The van der Waals surface area contributed by atoms with E-state index in [1.165, 1.54) is 5.56 Å². The minimum atomic E-state index is -0.164. The highest BCUT2D eigenvalue weighted by Crippen LogP contribution is 2.29. The zero-order valence-corrected chi connectivity index (χ0v) is 16.4. The topological polar surface area (TPSA) is 55.3 Å². The predicted molar refractivity (Wildman–Crippen MR) is 108 cm³/mol. The van der Waals surface area contributed by atoms with Gasteiger partial charge in [-0.1, -0.05) is 38.1 Å². The number of anilines is 1. The summed E-state index contributed by atoms with van der Waals surface area (Å²) in [6.45, 7) is 5.84. The maximum atomic E-state index is 12.3. The van der Waals surface area contributed by atoms with E-state index in [-0.39, 0.29) is 12.1 Å². The SMILES string of the molecule is CC(C)c1ccc(CC(=O)OC2CCN(c3ncnc4sccc34)C2)cc1. The summed E-state index contributed by atoms with van der Waals surface area (Å²) in [6.07, 6.45) is 2.66. The molecule has 2 aromatic heterocycles. The molecular weight excluding hydrogens is 358 g/mol. The van der Waals surface area contributed by atoms with Gasteiger partial charge in [0.2, 0.25) is 0 Å². The lowest BCUT2D eigenvalue weighted by molar-refractivity contribution is -0.147. The second kappa shape index (κ2) is 7.64. The Balaban J connectivity index is 1.35. The van der Waals surface area contributed by atoms with Crippen LogP contribution < -0.4 is 4.90 Å². The van der Waals surface area contributed by atoms with Gasteiger partial charge in [0, 0.05) is 13.0 Å². The zero-order valence-electron chi connectivity index (χ0n) is 15.6. The predicted octanol–water partition coefficient (Wildman–Crippen LogP) is 4.18. The van der Waals surface area contributed by atoms with Crippen LogP contribution in [0.3, 0.4) is 0 Å². The van der Waals surface area contributed by atoms with E-state index in [1.807, 2.05) is 17.5 Å². The van der Waals surface area contributed by atoms with E-state index in [0.717, 1.165) is 34.6 Å². The lowest BCUT2D eigenvalue weighted by Crippen LogP contribution is -2.26. The van der Waals surface area contributed by atoms with Crippen LogP contribution in [0.5, 0.6) is 0 Å². The van der Waals surface area contributed by atoms with Crippen LogP contribution in [0.15, 0.2) is 42.0 Å². The van der Waals surface area contributed by atoms with Crippen molar-refractivity contribution in [2.75, 3.05) is 18.0 Å². The number of esters is 1. The lowest BCUT2D eigenvalue weighted by atomic mass is 10.0. The summed E-state index contributed by atoms with van der Waals surface area (Å²) in [4.78, 5) is 24.3. The summed E-state index contributed by atoms with van der Waals surface area (Å²) in [7, 11) is 0. The van der Waals surface area contributed by atoms with E-state index < -0.39 is 0 Å². The number of nitrogens with zero attached hydrogens (tertiary/aromatic N) is 3. The van der Waals surface area contributed by atoms with Gasteiger partial charge in [-0.25, -0.2) is 9.97 Å². The number of benzene rings is 1. The van der Waals surface area contributed by atoms with Gasteiger partial charge in [0.1, 0.15) is 23.1 Å². The Morgan fingerprint density at radius 3 is 2.85 bits per heavy atom. The van der Waals surface area contributed by atoms with Crippen molar-refractivity contribution in [2.24, 2.45) is 0 Å². The molecule has 140 valence electrons. The van der Waals surface area contributed by atoms with Crippen molar-refractivity contribution in [1.29, 1.82) is 0 Å². The molecule has 3 aromatic rings. The van der Waals surface area contributed by atoms with Gasteiger partial charge in [-0.15, -0.1) is 11.3 Å². The number of hydrogen-bond acceptors (Lipinski definition) is 6. The van der Waals surface area contributed by atoms with Gasteiger partial charge < -0.3 is 9.64 Å². The van der Waals surface area contributed by atoms with E-state index in [4.69, 9.17) is 4.74 Å². The Morgan fingerprint density at radius 2 is 2.07 bits per heavy atom. The average molecular weight is 382 g/mol. The molecule has 0 bridgehead atoms. The molecule has 0 saturated carbocycles. The molecule has 0 radical (unpaired) electrons. The molecular formula is C21H23N3O2S. The second-order valence-electron chi connectivity index (χ2n) is 7.26. The van der Waals surface area contributed by atoms with Crippen molar-refractivity contribution in [3.63, 3.8) is 0 Å². The fourth-order valence-corrected chi connectivity index (χ4v) is 4.19. The molecule has 27 heavy (non-hydrogen) atoms. The van der Waals surface area contributed by atoms with Gasteiger partial charge in [0.05, 0.1) is 18.4 Å². The first kappa shape index (κ1) is 17.9. The fraction of sp³-hybridized carbons (Fsp3) is 0.381. The van der Waals surface area contributed by atoms with Crippen LogP contribution in [0.4, 0.5) is 5.82 Å². The normalized spacial score (nSPS) is 17.0. The van der Waals surface area contributed by atoms with Crippen molar-refractivity contribution < 1.29 is 9.53 Å². The van der Waals surface area contributed by atoms with Gasteiger partial charge in [-0.2, -0.15) is 0 Å². The number of fused-ring (bicyclic) bond motifs is 1. The van der Waals surface area contributed by atoms with E-state index in [9.17, 15) is 4.79 Å². The number of carbonyl (C=O) groups excluding carboxylic acids is 1. The Bertz CT molecular complexity index is 936. The van der Waals surface area contributed by atoms with Gasteiger partial charge in [-0.05, 0) is 28.5 Å². The summed E-state index contributed by atoms with van der Waals surface area (Å²) in [5, 5.41) is 3.10. The smallest absolute Gasteiger partial charge is 0.310 e.